The van der Waals surface area contributed by atoms with Gasteiger partial charge in [-0.05, 0) is 31.4 Å². The molecule has 1 aromatic heterocycles. The molecule has 0 aliphatic heterocycles. The molecule has 1 heterocycles. The number of rotatable bonds is 4. The number of nitrogens with two attached hydrogens (primary N) is 1. The lowest BCUT2D eigenvalue weighted by Gasteiger charge is -2.30. The predicted octanol–water partition coefficient (Wildman–Crippen LogP) is 2.10. The van der Waals surface area contributed by atoms with E-state index in [1.165, 1.54) is 31.2 Å². The number of nitrogens with zero attached hydrogens (tertiary/aromatic N) is 2. The summed E-state index contributed by atoms with van der Waals surface area (Å²) in [7, 11) is 0. The van der Waals surface area contributed by atoms with Crippen molar-refractivity contribution in [3.63, 3.8) is 0 Å². The zero-order chi connectivity index (χ0) is 11.4. The second-order valence-corrected chi connectivity index (χ2v) is 4.56. The first-order valence-electron chi connectivity index (χ1n) is 6.21. The average molecular weight is 219 g/mol. The minimum absolute atomic E-state index is 0.650. The van der Waals surface area contributed by atoms with Gasteiger partial charge in [-0.2, -0.15) is 0 Å². The number of aryl methyl sites for hydroxylation is 1. The van der Waals surface area contributed by atoms with Crippen molar-refractivity contribution in [2.45, 2.75) is 38.6 Å². The first-order valence-corrected chi connectivity index (χ1v) is 6.21. The molecule has 3 heteroatoms. The summed E-state index contributed by atoms with van der Waals surface area (Å²) in [5.74, 6) is 1.12. The summed E-state index contributed by atoms with van der Waals surface area (Å²) in [6.45, 7) is 3.75. The molecule has 1 fully saturated rings. The molecule has 1 saturated carbocycles. The molecule has 0 saturated heterocycles. The Morgan fingerprint density at radius 3 is 2.81 bits per heavy atom. The van der Waals surface area contributed by atoms with Crippen molar-refractivity contribution in [3.05, 3.63) is 23.9 Å². The van der Waals surface area contributed by atoms with Crippen LogP contribution in [0, 0.1) is 6.92 Å². The van der Waals surface area contributed by atoms with Crippen molar-refractivity contribution < 1.29 is 0 Å². The Balaban J connectivity index is 2.21. The van der Waals surface area contributed by atoms with Crippen molar-refractivity contribution in [1.82, 2.24) is 4.98 Å². The highest BCUT2D eigenvalue weighted by molar-refractivity contribution is 5.47. The Labute approximate surface area is 97.7 Å². The van der Waals surface area contributed by atoms with Crippen LogP contribution < -0.4 is 10.6 Å². The third-order valence-corrected chi connectivity index (χ3v) is 3.39. The van der Waals surface area contributed by atoms with Crippen LogP contribution in [0.5, 0.6) is 0 Å². The first kappa shape index (κ1) is 11.4. The van der Waals surface area contributed by atoms with Crippen LogP contribution in [0.2, 0.25) is 0 Å². The Morgan fingerprint density at radius 2 is 2.19 bits per heavy atom. The van der Waals surface area contributed by atoms with Crippen molar-refractivity contribution in [1.29, 1.82) is 0 Å². The summed E-state index contributed by atoms with van der Waals surface area (Å²) in [4.78, 5) is 6.92. The molecule has 0 bridgehead atoms. The summed E-state index contributed by atoms with van der Waals surface area (Å²) >= 11 is 0. The van der Waals surface area contributed by atoms with E-state index in [1.807, 2.05) is 12.3 Å². The maximum Gasteiger partial charge on any atom is 0.131 e. The van der Waals surface area contributed by atoms with Gasteiger partial charge >= 0.3 is 0 Å². The molecule has 1 aliphatic rings. The summed E-state index contributed by atoms with van der Waals surface area (Å²) < 4.78 is 0. The SMILES string of the molecule is Cc1cccnc1N(CCN)C1CCCC1. The van der Waals surface area contributed by atoms with E-state index in [0.717, 1.165) is 12.4 Å². The fourth-order valence-corrected chi connectivity index (χ4v) is 2.59. The van der Waals surface area contributed by atoms with Crippen LogP contribution in [0.15, 0.2) is 18.3 Å². The minimum atomic E-state index is 0.650. The second kappa shape index (κ2) is 5.30. The van der Waals surface area contributed by atoms with E-state index < -0.39 is 0 Å². The Bertz CT molecular complexity index is 332. The van der Waals surface area contributed by atoms with Crippen LogP contribution in [0.1, 0.15) is 31.2 Å². The van der Waals surface area contributed by atoms with Crippen LogP contribution in [-0.4, -0.2) is 24.1 Å². The summed E-state index contributed by atoms with van der Waals surface area (Å²) in [6.07, 6.45) is 7.14. The van der Waals surface area contributed by atoms with Crippen molar-refractivity contribution in [3.8, 4) is 0 Å². The van der Waals surface area contributed by atoms with Crippen molar-refractivity contribution in [2.24, 2.45) is 5.73 Å². The number of anilines is 1. The maximum atomic E-state index is 5.71. The molecule has 0 unspecified atom stereocenters. The fraction of sp³-hybridized carbons (Fsp3) is 0.615. The van der Waals surface area contributed by atoms with E-state index in [2.05, 4.69) is 22.9 Å². The zero-order valence-electron chi connectivity index (χ0n) is 10.0. The van der Waals surface area contributed by atoms with Crippen LogP contribution >= 0.6 is 0 Å². The third kappa shape index (κ3) is 2.35. The topological polar surface area (TPSA) is 42.2 Å². The highest BCUT2D eigenvalue weighted by atomic mass is 15.2. The summed E-state index contributed by atoms with van der Waals surface area (Å²) in [5, 5.41) is 0. The van der Waals surface area contributed by atoms with Crippen molar-refractivity contribution in [2.75, 3.05) is 18.0 Å². The molecule has 2 N–H and O–H groups in total. The molecular formula is C13H21N3. The second-order valence-electron chi connectivity index (χ2n) is 4.56. The fourth-order valence-electron chi connectivity index (χ4n) is 2.59. The molecule has 0 aromatic carbocycles. The smallest absolute Gasteiger partial charge is 0.131 e. The number of hydrogen-bond acceptors (Lipinski definition) is 3. The quantitative estimate of drug-likeness (QED) is 0.843. The van der Waals surface area contributed by atoms with Gasteiger partial charge in [-0.1, -0.05) is 18.9 Å². The lowest BCUT2D eigenvalue weighted by atomic mass is 10.1. The van der Waals surface area contributed by atoms with Gasteiger partial charge < -0.3 is 10.6 Å². The number of hydrogen-bond donors (Lipinski definition) is 1. The van der Waals surface area contributed by atoms with Gasteiger partial charge in [-0.3, -0.25) is 0 Å². The molecular weight excluding hydrogens is 198 g/mol. The van der Waals surface area contributed by atoms with E-state index >= 15 is 0 Å². The molecule has 88 valence electrons. The van der Waals surface area contributed by atoms with Gasteiger partial charge in [0.25, 0.3) is 0 Å². The highest BCUT2D eigenvalue weighted by Crippen LogP contribution is 2.28. The van der Waals surface area contributed by atoms with E-state index in [0.29, 0.717) is 12.6 Å². The zero-order valence-corrected chi connectivity index (χ0v) is 10.0. The minimum Gasteiger partial charge on any atom is -0.352 e. The summed E-state index contributed by atoms with van der Waals surface area (Å²) in [5.41, 5.74) is 6.97. The highest BCUT2D eigenvalue weighted by Gasteiger charge is 2.23. The number of aromatic nitrogens is 1. The van der Waals surface area contributed by atoms with Gasteiger partial charge in [0.1, 0.15) is 5.82 Å². The first-order chi connectivity index (χ1) is 7.83. The van der Waals surface area contributed by atoms with Gasteiger partial charge in [0, 0.05) is 25.3 Å². The van der Waals surface area contributed by atoms with Crippen LogP contribution in [0.4, 0.5) is 5.82 Å². The van der Waals surface area contributed by atoms with E-state index in [-0.39, 0.29) is 0 Å². The van der Waals surface area contributed by atoms with Gasteiger partial charge in [0.15, 0.2) is 0 Å². The van der Waals surface area contributed by atoms with Crippen molar-refractivity contribution >= 4 is 5.82 Å². The molecule has 0 atom stereocenters. The average Bonchev–Trinajstić information content (AvgIpc) is 2.80. The van der Waals surface area contributed by atoms with Gasteiger partial charge in [-0.15, -0.1) is 0 Å². The Morgan fingerprint density at radius 1 is 1.44 bits per heavy atom. The molecule has 2 rings (SSSR count). The molecule has 1 aromatic rings. The predicted molar refractivity (Wildman–Crippen MR) is 67.6 cm³/mol. The molecule has 1 aliphatic carbocycles. The van der Waals surface area contributed by atoms with Gasteiger partial charge in [-0.25, -0.2) is 4.98 Å². The standard InChI is InChI=1S/C13H21N3/c1-11-5-4-9-15-13(11)16(10-8-14)12-6-2-3-7-12/h4-5,9,12H,2-3,6-8,10,14H2,1H3. The summed E-state index contributed by atoms with van der Waals surface area (Å²) in [6, 6.07) is 4.77. The van der Waals surface area contributed by atoms with E-state index in [9.17, 15) is 0 Å². The molecule has 16 heavy (non-hydrogen) atoms. The lowest BCUT2D eigenvalue weighted by Crippen LogP contribution is -2.38. The van der Waals surface area contributed by atoms with E-state index in [1.54, 1.807) is 0 Å². The van der Waals surface area contributed by atoms with Crippen LogP contribution in [0.3, 0.4) is 0 Å². The monoisotopic (exact) mass is 219 g/mol. The maximum absolute atomic E-state index is 5.71. The van der Waals surface area contributed by atoms with E-state index in [4.69, 9.17) is 5.73 Å². The largest absolute Gasteiger partial charge is 0.352 e. The molecule has 3 nitrogen and oxygen atoms in total. The third-order valence-electron chi connectivity index (χ3n) is 3.39. The lowest BCUT2D eigenvalue weighted by molar-refractivity contribution is 0.601. The van der Waals surface area contributed by atoms with Gasteiger partial charge in [0.2, 0.25) is 0 Å². The molecule has 0 amide bonds. The van der Waals surface area contributed by atoms with Gasteiger partial charge in [0.05, 0.1) is 0 Å². The number of pyridine rings is 1. The molecule has 0 spiro atoms. The molecule has 0 radical (unpaired) electrons. The van der Waals surface area contributed by atoms with Crippen LogP contribution in [-0.2, 0) is 0 Å². The van der Waals surface area contributed by atoms with Crippen LogP contribution in [0.25, 0.3) is 0 Å². The Hall–Kier alpha value is -1.09. The Kier molecular flexibility index (Phi) is 3.78. The normalized spacial score (nSPS) is 16.6.